The van der Waals surface area contributed by atoms with Gasteiger partial charge in [0.25, 0.3) is 0 Å². The van der Waals surface area contributed by atoms with Gasteiger partial charge in [-0.2, -0.15) is 0 Å². The van der Waals surface area contributed by atoms with Gasteiger partial charge in [-0.3, -0.25) is 0 Å². The molecule has 1 aliphatic heterocycles. The van der Waals surface area contributed by atoms with Crippen LogP contribution < -0.4 is 11.1 Å². The van der Waals surface area contributed by atoms with Gasteiger partial charge in [-0.15, -0.1) is 0 Å². The maximum atomic E-state index is 11.8. The highest BCUT2D eigenvalue weighted by Gasteiger charge is 2.20. The van der Waals surface area contributed by atoms with Crippen molar-refractivity contribution in [1.29, 1.82) is 0 Å². The zero-order valence-corrected chi connectivity index (χ0v) is 9.83. The molecule has 1 rings (SSSR count). The molecule has 0 saturated carbocycles. The molecule has 0 spiro atoms. The second kappa shape index (κ2) is 5.95. The summed E-state index contributed by atoms with van der Waals surface area (Å²) in [6.07, 6.45) is 3.21. The van der Waals surface area contributed by atoms with E-state index >= 15 is 0 Å². The Bertz CT molecular complexity index is 200. The Morgan fingerprint density at radius 2 is 2.00 bits per heavy atom. The predicted molar refractivity (Wildman–Crippen MR) is 61.6 cm³/mol. The molecule has 1 atom stereocenters. The molecule has 1 saturated heterocycles. The number of nitrogens with zero attached hydrogens (tertiary/aromatic N) is 1. The summed E-state index contributed by atoms with van der Waals surface area (Å²) in [7, 11) is 0. The van der Waals surface area contributed by atoms with E-state index in [2.05, 4.69) is 19.2 Å². The average Bonchev–Trinajstić information content (AvgIpc) is 2.68. The van der Waals surface area contributed by atoms with Crippen molar-refractivity contribution >= 4 is 6.03 Å². The molecule has 1 aliphatic rings. The summed E-state index contributed by atoms with van der Waals surface area (Å²) in [5, 5.41) is 3.00. The number of hydrogen-bond donors (Lipinski definition) is 2. The number of amides is 2. The minimum absolute atomic E-state index is 0.0589. The van der Waals surface area contributed by atoms with Gasteiger partial charge in [0.1, 0.15) is 0 Å². The summed E-state index contributed by atoms with van der Waals surface area (Å²) >= 11 is 0. The van der Waals surface area contributed by atoms with Crippen molar-refractivity contribution in [2.24, 2.45) is 11.7 Å². The van der Waals surface area contributed by atoms with E-state index in [0.717, 1.165) is 32.4 Å². The Kier molecular flexibility index (Phi) is 4.88. The summed E-state index contributed by atoms with van der Waals surface area (Å²) in [5.41, 5.74) is 5.63. The van der Waals surface area contributed by atoms with Crippen molar-refractivity contribution in [3.8, 4) is 0 Å². The van der Waals surface area contributed by atoms with E-state index < -0.39 is 0 Å². The van der Waals surface area contributed by atoms with Crippen molar-refractivity contribution in [3.05, 3.63) is 0 Å². The standard InChI is InChI=1S/C11H23N3O/c1-9(2)7-10(8-12)13-11(15)14-5-3-4-6-14/h9-10H,3-8,12H2,1-2H3,(H,13,15). The van der Waals surface area contributed by atoms with Gasteiger partial charge in [0.15, 0.2) is 0 Å². The first-order chi connectivity index (χ1) is 7.13. The van der Waals surface area contributed by atoms with Crippen LogP contribution in [-0.2, 0) is 0 Å². The quantitative estimate of drug-likeness (QED) is 0.736. The van der Waals surface area contributed by atoms with Crippen LogP contribution in [0.15, 0.2) is 0 Å². The lowest BCUT2D eigenvalue weighted by Gasteiger charge is -2.23. The van der Waals surface area contributed by atoms with Crippen LogP contribution in [0.5, 0.6) is 0 Å². The van der Waals surface area contributed by atoms with E-state index in [9.17, 15) is 4.79 Å². The topological polar surface area (TPSA) is 58.4 Å². The van der Waals surface area contributed by atoms with Crippen LogP contribution in [0.4, 0.5) is 4.79 Å². The number of nitrogens with two attached hydrogens (primary N) is 1. The first-order valence-corrected chi connectivity index (χ1v) is 5.89. The highest BCUT2D eigenvalue weighted by atomic mass is 16.2. The third-order valence-electron chi connectivity index (χ3n) is 2.76. The molecule has 1 fully saturated rings. The van der Waals surface area contributed by atoms with Gasteiger partial charge < -0.3 is 16.0 Å². The molecule has 4 heteroatoms. The van der Waals surface area contributed by atoms with Crippen molar-refractivity contribution in [1.82, 2.24) is 10.2 Å². The second-order valence-corrected chi connectivity index (χ2v) is 4.71. The number of nitrogens with one attached hydrogen (secondary N) is 1. The minimum Gasteiger partial charge on any atom is -0.334 e. The fourth-order valence-corrected chi connectivity index (χ4v) is 1.97. The Hall–Kier alpha value is -0.770. The molecule has 1 unspecified atom stereocenters. The second-order valence-electron chi connectivity index (χ2n) is 4.71. The molecule has 0 aromatic rings. The molecule has 2 amide bonds. The Morgan fingerprint density at radius 3 is 2.47 bits per heavy atom. The van der Waals surface area contributed by atoms with Crippen molar-refractivity contribution < 1.29 is 4.79 Å². The number of carbonyl (C=O) groups excluding carboxylic acids is 1. The van der Waals surface area contributed by atoms with Gasteiger partial charge in [-0.1, -0.05) is 13.8 Å². The normalized spacial score (nSPS) is 18.3. The van der Waals surface area contributed by atoms with Crippen molar-refractivity contribution in [2.75, 3.05) is 19.6 Å². The fraction of sp³-hybridized carbons (Fsp3) is 0.909. The van der Waals surface area contributed by atoms with Crippen LogP contribution in [-0.4, -0.2) is 36.6 Å². The Balaban J connectivity index is 2.33. The lowest BCUT2D eigenvalue weighted by atomic mass is 10.0. The van der Waals surface area contributed by atoms with Crippen LogP contribution >= 0.6 is 0 Å². The van der Waals surface area contributed by atoms with E-state index in [1.165, 1.54) is 0 Å². The number of likely N-dealkylation sites (tertiary alicyclic amines) is 1. The van der Waals surface area contributed by atoms with Gasteiger partial charge in [0, 0.05) is 25.7 Å². The third kappa shape index (κ3) is 4.08. The monoisotopic (exact) mass is 213 g/mol. The largest absolute Gasteiger partial charge is 0.334 e. The maximum absolute atomic E-state index is 11.8. The zero-order valence-electron chi connectivity index (χ0n) is 9.83. The van der Waals surface area contributed by atoms with Gasteiger partial charge in [-0.05, 0) is 25.2 Å². The van der Waals surface area contributed by atoms with E-state index in [0.29, 0.717) is 12.5 Å². The molecule has 1 heterocycles. The van der Waals surface area contributed by atoms with Crippen LogP contribution in [0.3, 0.4) is 0 Å². The molecule has 0 aromatic heterocycles. The Morgan fingerprint density at radius 1 is 1.40 bits per heavy atom. The first-order valence-electron chi connectivity index (χ1n) is 5.89. The molecular formula is C11H23N3O. The van der Waals surface area contributed by atoms with Gasteiger partial charge in [0.2, 0.25) is 0 Å². The summed E-state index contributed by atoms with van der Waals surface area (Å²) in [5.74, 6) is 0.567. The van der Waals surface area contributed by atoms with E-state index in [-0.39, 0.29) is 12.1 Å². The zero-order chi connectivity index (χ0) is 11.3. The lowest BCUT2D eigenvalue weighted by molar-refractivity contribution is 0.203. The molecule has 0 bridgehead atoms. The van der Waals surface area contributed by atoms with E-state index in [4.69, 9.17) is 5.73 Å². The predicted octanol–water partition coefficient (Wildman–Crippen LogP) is 1.17. The van der Waals surface area contributed by atoms with Crippen LogP contribution in [0, 0.1) is 5.92 Å². The van der Waals surface area contributed by atoms with E-state index in [1.54, 1.807) is 0 Å². The molecule has 15 heavy (non-hydrogen) atoms. The number of hydrogen-bond acceptors (Lipinski definition) is 2. The van der Waals surface area contributed by atoms with Crippen molar-refractivity contribution in [2.45, 2.75) is 39.2 Å². The minimum atomic E-state index is 0.0589. The van der Waals surface area contributed by atoms with Crippen LogP contribution in [0.2, 0.25) is 0 Å². The molecule has 0 aromatic carbocycles. The van der Waals surface area contributed by atoms with Crippen LogP contribution in [0.25, 0.3) is 0 Å². The van der Waals surface area contributed by atoms with Gasteiger partial charge in [-0.25, -0.2) is 4.79 Å². The molecule has 0 radical (unpaired) electrons. The third-order valence-corrected chi connectivity index (χ3v) is 2.76. The fourth-order valence-electron chi connectivity index (χ4n) is 1.97. The number of urea groups is 1. The van der Waals surface area contributed by atoms with Gasteiger partial charge in [0.05, 0.1) is 0 Å². The lowest BCUT2D eigenvalue weighted by Crippen LogP contribution is -2.47. The van der Waals surface area contributed by atoms with Crippen LogP contribution in [0.1, 0.15) is 33.1 Å². The first kappa shape index (κ1) is 12.3. The molecule has 3 N–H and O–H groups in total. The summed E-state index contributed by atoms with van der Waals surface area (Å²) < 4.78 is 0. The maximum Gasteiger partial charge on any atom is 0.317 e. The Labute approximate surface area is 92.2 Å². The number of rotatable bonds is 4. The molecule has 88 valence electrons. The molecule has 4 nitrogen and oxygen atoms in total. The smallest absolute Gasteiger partial charge is 0.317 e. The SMILES string of the molecule is CC(C)CC(CN)NC(=O)N1CCCC1. The van der Waals surface area contributed by atoms with Crippen molar-refractivity contribution in [3.63, 3.8) is 0 Å². The van der Waals surface area contributed by atoms with Gasteiger partial charge >= 0.3 is 6.03 Å². The summed E-state index contributed by atoms with van der Waals surface area (Å²) in [6.45, 7) is 6.60. The molecule has 0 aliphatic carbocycles. The summed E-state index contributed by atoms with van der Waals surface area (Å²) in [6, 6.07) is 0.182. The highest BCUT2D eigenvalue weighted by molar-refractivity contribution is 5.74. The molecular weight excluding hydrogens is 190 g/mol. The average molecular weight is 213 g/mol. The highest BCUT2D eigenvalue weighted by Crippen LogP contribution is 2.09. The number of carbonyl (C=O) groups is 1. The van der Waals surface area contributed by atoms with E-state index in [1.807, 2.05) is 4.90 Å². The summed E-state index contributed by atoms with van der Waals surface area (Å²) in [4.78, 5) is 13.6.